The van der Waals surface area contributed by atoms with Gasteiger partial charge in [-0.1, -0.05) is 35.9 Å². The fraction of sp³-hybridized carbons (Fsp3) is 0.481. The molecule has 0 unspecified atom stereocenters. The molecule has 2 fully saturated rings. The van der Waals surface area contributed by atoms with Gasteiger partial charge >= 0.3 is 6.18 Å². The SMILES string of the molecule is Cc1ccc(C2CCC(N3C[C@@H](O)[C@@H](NC(=O)CNC(=O)c4cccc(C(F)(F)F)c4)C3)CC2)cc1. The van der Waals surface area contributed by atoms with E-state index in [1.54, 1.807) is 0 Å². The number of β-amino-alcohol motifs (C(OH)–C–C–N with tert-alkyl or cyclic N) is 1. The fourth-order valence-electron chi connectivity index (χ4n) is 5.23. The van der Waals surface area contributed by atoms with Gasteiger partial charge in [0.25, 0.3) is 5.91 Å². The van der Waals surface area contributed by atoms with Crippen molar-refractivity contribution in [2.24, 2.45) is 0 Å². The van der Waals surface area contributed by atoms with Crippen LogP contribution >= 0.6 is 0 Å². The molecule has 0 bridgehead atoms. The topological polar surface area (TPSA) is 81.7 Å². The Morgan fingerprint density at radius 2 is 1.72 bits per heavy atom. The van der Waals surface area contributed by atoms with Gasteiger partial charge in [0.2, 0.25) is 5.91 Å². The number of alkyl halides is 3. The summed E-state index contributed by atoms with van der Waals surface area (Å²) in [5, 5.41) is 15.6. The van der Waals surface area contributed by atoms with Gasteiger partial charge in [0, 0.05) is 24.7 Å². The molecule has 2 amide bonds. The highest BCUT2D eigenvalue weighted by atomic mass is 19.4. The lowest BCUT2D eigenvalue weighted by atomic mass is 9.81. The highest BCUT2D eigenvalue weighted by molar-refractivity contribution is 5.96. The summed E-state index contributed by atoms with van der Waals surface area (Å²) in [5.74, 6) is -0.718. The summed E-state index contributed by atoms with van der Waals surface area (Å²) in [6.45, 7) is 2.69. The third-order valence-electron chi connectivity index (χ3n) is 7.29. The van der Waals surface area contributed by atoms with E-state index < -0.39 is 35.7 Å². The molecule has 2 aromatic carbocycles. The van der Waals surface area contributed by atoms with Crippen LogP contribution in [0.15, 0.2) is 48.5 Å². The third kappa shape index (κ3) is 6.44. The van der Waals surface area contributed by atoms with Gasteiger partial charge in [-0.25, -0.2) is 0 Å². The smallest absolute Gasteiger partial charge is 0.390 e. The van der Waals surface area contributed by atoms with E-state index in [2.05, 4.69) is 46.7 Å². The number of nitrogens with zero attached hydrogens (tertiary/aromatic N) is 1. The number of nitrogens with one attached hydrogen (secondary N) is 2. The molecule has 9 heteroatoms. The van der Waals surface area contributed by atoms with Gasteiger partial charge in [-0.2, -0.15) is 13.2 Å². The van der Waals surface area contributed by atoms with Crippen LogP contribution in [0.25, 0.3) is 0 Å². The van der Waals surface area contributed by atoms with Crippen molar-refractivity contribution < 1.29 is 27.9 Å². The highest BCUT2D eigenvalue weighted by Gasteiger charge is 2.37. The molecule has 0 aromatic heterocycles. The van der Waals surface area contributed by atoms with Gasteiger partial charge in [-0.05, 0) is 62.3 Å². The minimum absolute atomic E-state index is 0.175. The summed E-state index contributed by atoms with van der Waals surface area (Å²) < 4.78 is 38.6. The summed E-state index contributed by atoms with van der Waals surface area (Å²) >= 11 is 0. The van der Waals surface area contributed by atoms with Crippen molar-refractivity contribution in [3.8, 4) is 0 Å². The van der Waals surface area contributed by atoms with E-state index in [9.17, 15) is 27.9 Å². The predicted octanol–water partition coefficient (Wildman–Crippen LogP) is 3.63. The molecular formula is C27H32F3N3O3. The molecule has 1 saturated carbocycles. The zero-order chi connectivity index (χ0) is 25.9. The largest absolute Gasteiger partial charge is 0.416 e. The Labute approximate surface area is 208 Å². The molecule has 1 aliphatic carbocycles. The number of aliphatic hydroxyl groups is 1. The Hall–Kier alpha value is -2.91. The molecule has 36 heavy (non-hydrogen) atoms. The highest BCUT2D eigenvalue weighted by Crippen LogP contribution is 2.36. The minimum Gasteiger partial charge on any atom is -0.390 e. The van der Waals surface area contributed by atoms with Crippen LogP contribution in [-0.4, -0.2) is 59.6 Å². The first-order valence-corrected chi connectivity index (χ1v) is 12.3. The summed E-state index contributed by atoms with van der Waals surface area (Å²) in [5.41, 5.74) is 1.52. The molecule has 2 atom stereocenters. The number of rotatable bonds is 6. The fourth-order valence-corrected chi connectivity index (χ4v) is 5.23. The van der Waals surface area contributed by atoms with Gasteiger partial charge in [-0.15, -0.1) is 0 Å². The number of hydrogen-bond acceptors (Lipinski definition) is 4. The lowest BCUT2D eigenvalue weighted by molar-refractivity contribution is -0.137. The second-order valence-electron chi connectivity index (χ2n) is 9.87. The van der Waals surface area contributed by atoms with Gasteiger partial charge in [0.05, 0.1) is 24.3 Å². The maximum atomic E-state index is 12.9. The van der Waals surface area contributed by atoms with Crippen LogP contribution < -0.4 is 10.6 Å². The van der Waals surface area contributed by atoms with E-state index in [-0.39, 0.29) is 12.1 Å². The van der Waals surface area contributed by atoms with Crippen LogP contribution in [0.4, 0.5) is 13.2 Å². The Morgan fingerprint density at radius 3 is 2.39 bits per heavy atom. The van der Waals surface area contributed by atoms with Gasteiger partial charge < -0.3 is 15.7 Å². The number of aliphatic hydroxyl groups excluding tert-OH is 1. The molecule has 4 rings (SSSR count). The summed E-state index contributed by atoms with van der Waals surface area (Å²) in [4.78, 5) is 26.8. The maximum Gasteiger partial charge on any atom is 0.416 e. The average Bonchev–Trinajstić information content (AvgIpc) is 3.22. The van der Waals surface area contributed by atoms with E-state index in [0.29, 0.717) is 25.0 Å². The number of halogens is 3. The molecule has 3 N–H and O–H groups in total. The number of likely N-dealkylation sites (tertiary alicyclic amines) is 1. The third-order valence-corrected chi connectivity index (χ3v) is 7.29. The van der Waals surface area contributed by atoms with Gasteiger partial charge in [0.1, 0.15) is 0 Å². The average molecular weight is 504 g/mol. The number of amides is 2. The number of aryl methyl sites for hydroxylation is 1. The second kappa shape index (κ2) is 11.0. The quantitative estimate of drug-likeness (QED) is 0.563. The molecule has 2 aromatic rings. The minimum atomic E-state index is -4.56. The molecule has 2 aliphatic rings. The van der Waals surface area contributed by atoms with E-state index in [0.717, 1.165) is 43.9 Å². The first-order chi connectivity index (χ1) is 17.1. The van der Waals surface area contributed by atoms with Gasteiger partial charge in [-0.3, -0.25) is 14.5 Å². The summed E-state index contributed by atoms with van der Waals surface area (Å²) in [7, 11) is 0. The monoisotopic (exact) mass is 503 g/mol. The van der Waals surface area contributed by atoms with Crippen LogP contribution in [-0.2, 0) is 11.0 Å². The lowest BCUT2D eigenvalue weighted by Gasteiger charge is -2.34. The zero-order valence-electron chi connectivity index (χ0n) is 20.2. The summed E-state index contributed by atoms with van der Waals surface area (Å²) in [6, 6.07) is 12.6. The molecule has 6 nitrogen and oxygen atoms in total. The van der Waals surface area contributed by atoms with Crippen molar-refractivity contribution in [3.05, 3.63) is 70.8 Å². The van der Waals surface area contributed by atoms with E-state index in [1.165, 1.54) is 17.2 Å². The molecule has 0 spiro atoms. The molecule has 1 aliphatic heterocycles. The maximum absolute atomic E-state index is 12.9. The Morgan fingerprint density at radius 1 is 1.03 bits per heavy atom. The molecular weight excluding hydrogens is 471 g/mol. The van der Waals surface area contributed by atoms with E-state index >= 15 is 0 Å². The standard InChI is InChI=1S/C27H32F3N3O3/c1-17-5-7-18(8-6-17)19-9-11-22(12-10-19)33-15-23(24(34)16-33)32-25(35)14-31-26(36)20-3-2-4-21(13-20)27(28,29)30/h2-8,13,19,22-24,34H,9-12,14-16H2,1H3,(H,31,36)(H,32,35)/t19?,22?,23-,24+/m0/s1. The number of carbonyl (C=O) groups is 2. The lowest BCUT2D eigenvalue weighted by Crippen LogP contribution is -2.47. The van der Waals surface area contributed by atoms with Crippen molar-refractivity contribution in [2.45, 2.75) is 62.9 Å². The van der Waals surface area contributed by atoms with Crippen LogP contribution in [0.2, 0.25) is 0 Å². The van der Waals surface area contributed by atoms with Crippen LogP contribution in [0.1, 0.15) is 58.6 Å². The van der Waals surface area contributed by atoms with Crippen LogP contribution in [0.3, 0.4) is 0 Å². The van der Waals surface area contributed by atoms with E-state index in [1.807, 2.05) is 0 Å². The van der Waals surface area contributed by atoms with E-state index in [4.69, 9.17) is 0 Å². The molecule has 1 heterocycles. The second-order valence-corrected chi connectivity index (χ2v) is 9.87. The number of carbonyl (C=O) groups excluding carboxylic acids is 2. The normalized spacial score (nSPS) is 24.9. The molecule has 1 saturated heterocycles. The van der Waals surface area contributed by atoms with Gasteiger partial charge in [0.15, 0.2) is 0 Å². The Balaban J connectivity index is 1.23. The van der Waals surface area contributed by atoms with Crippen molar-refractivity contribution in [1.29, 1.82) is 0 Å². The van der Waals surface area contributed by atoms with Crippen LogP contribution in [0.5, 0.6) is 0 Å². The molecule has 194 valence electrons. The first kappa shape index (κ1) is 26.2. The van der Waals surface area contributed by atoms with Crippen molar-refractivity contribution >= 4 is 11.8 Å². The molecule has 0 radical (unpaired) electrons. The summed E-state index contributed by atoms with van der Waals surface area (Å²) in [6.07, 6.45) is -1.06. The zero-order valence-corrected chi connectivity index (χ0v) is 20.2. The van der Waals surface area contributed by atoms with Crippen molar-refractivity contribution in [1.82, 2.24) is 15.5 Å². The predicted molar refractivity (Wildman–Crippen MR) is 129 cm³/mol. The number of benzene rings is 2. The number of hydrogen-bond donors (Lipinski definition) is 3. The first-order valence-electron chi connectivity index (χ1n) is 12.3. The van der Waals surface area contributed by atoms with Crippen molar-refractivity contribution in [2.75, 3.05) is 19.6 Å². The Kier molecular flexibility index (Phi) is 8.00. The van der Waals surface area contributed by atoms with Crippen LogP contribution in [0, 0.1) is 6.92 Å². The van der Waals surface area contributed by atoms with Crippen molar-refractivity contribution in [3.63, 3.8) is 0 Å². The Bertz CT molecular complexity index is 1070.